The molecule has 6 heteroatoms. The maximum absolute atomic E-state index is 11.5. The smallest absolute Gasteiger partial charge is 0.198 e. The molecular weight excluding hydrogens is 224 g/mol. The molecule has 1 saturated carbocycles. The Kier molecular flexibility index (Phi) is 4.18. The molecule has 0 aromatic heterocycles. The van der Waals surface area contributed by atoms with Crippen LogP contribution in [0.4, 0.5) is 0 Å². The molecule has 4 nitrogen and oxygen atoms in total. The summed E-state index contributed by atoms with van der Waals surface area (Å²) in [6.45, 7) is 0. The molecule has 0 aromatic rings. The van der Waals surface area contributed by atoms with E-state index >= 15 is 0 Å². The van der Waals surface area contributed by atoms with Gasteiger partial charge in [-0.15, -0.1) is 11.6 Å². The first-order chi connectivity index (χ1) is 6.43. The van der Waals surface area contributed by atoms with Gasteiger partial charge in [0.15, 0.2) is 0 Å². The first-order valence-corrected chi connectivity index (χ1v) is 6.65. The van der Waals surface area contributed by atoms with E-state index < -0.39 is 10.2 Å². The Hall–Kier alpha value is 0.160. The van der Waals surface area contributed by atoms with Gasteiger partial charge in [0.05, 0.1) is 0 Å². The molecule has 0 bridgehead atoms. The molecule has 84 valence electrons. The lowest BCUT2D eigenvalue weighted by Gasteiger charge is -2.28. The van der Waals surface area contributed by atoms with Gasteiger partial charge in [-0.3, -0.25) is 0 Å². The molecule has 14 heavy (non-hydrogen) atoms. The summed E-state index contributed by atoms with van der Waals surface area (Å²) in [6, 6.07) is -0.113. The predicted molar refractivity (Wildman–Crippen MR) is 57.6 cm³/mol. The molecule has 2 unspecified atom stereocenters. The molecule has 0 aromatic carbocycles. The summed E-state index contributed by atoms with van der Waals surface area (Å²) in [5.41, 5.74) is 0. The highest BCUT2D eigenvalue weighted by Crippen LogP contribution is 2.23. The lowest BCUT2D eigenvalue weighted by atomic mass is 9.96. The molecule has 0 saturated heterocycles. The molecule has 0 spiro atoms. The number of hydrogen-bond donors (Lipinski definition) is 1. The lowest BCUT2D eigenvalue weighted by Crippen LogP contribution is -2.47. The largest absolute Gasteiger partial charge is 0.279 e. The average Bonchev–Trinajstić information content (AvgIpc) is 2.08. The van der Waals surface area contributed by atoms with E-state index in [1.807, 2.05) is 0 Å². The molecular formula is C8H17ClN2O2S. The van der Waals surface area contributed by atoms with Gasteiger partial charge in [-0.05, 0) is 12.8 Å². The maximum Gasteiger partial charge on any atom is 0.279 e. The fourth-order valence-electron chi connectivity index (χ4n) is 1.52. The number of halogens is 1. The van der Waals surface area contributed by atoms with E-state index in [-0.39, 0.29) is 11.4 Å². The zero-order valence-electron chi connectivity index (χ0n) is 8.53. The number of hydrogen-bond acceptors (Lipinski definition) is 2. The summed E-state index contributed by atoms with van der Waals surface area (Å²) >= 11 is 6.05. The molecule has 1 aliphatic carbocycles. The van der Waals surface area contributed by atoms with Gasteiger partial charge >= 0.3 is 0 Å². The maximum atomic E-state index is 11.5. The summed E-state index contributed by atoms with van der Waals surface area (Å²) in [7, 11) is -0.315. The van der Waals surface area contributed by atoms with Crippen molar-refractivity contribution >= 4 is 21.8 Å². The average molecular weight is 241 g/mol. The fraction of sp³-hybridized carbons (Fsp3) is 1.00. The monoisotopic (exact) mass is 240 g/mol. The predicted octanol–water partition coefficient (Wildman–Crippen LogP) is 0.932. The first kappa shape index (κ1) is 12.2. The molecule has 1 rings (SSSR count). The normalized spacial score (nSPS) is 29.4. The van der Waals surface area contributed by atoms with Crippen LogP contribution in [0.2, 0.25) is 0 Å². The molecule has 1 fully saturated rings. The molecule has 0 radical (unpaired) electrons. The van der Waals surface area contributed by atoms with Gasteiger partial charge in [0.2, 0.25) is 0 Å². The minimum absolute atomic E-state index is 0.0709. The van der Waals surface area contributed by atoms with Gasteiger partial charge in [-0.25, -0.2) is 0 Å². The van der Waals surface area contributed by atoms with E-state index in [1.54, 1.807) is 0 Å². The first-order valence-electron chi connectivity index (χ1n) is 4.77. The Morgan fingerprint density at radius 3 is 2.36 bits per heavy atom. The Balaban J connectivity index is 2.58. The van der Waals surface area contributed by atoms with Gasteiger partial charge in [0.1, 0.15) is 0 Å². The van der Waals surface area contributed by atoms with Gasteiger partial charge in [0, 0.05) is 25.5 Å². The summed E-state index contributed by atoms with van der Waals surface area (Å²) in [4.78, 5) is 0. The van der Waals surface area contributed by atoms with E-state index in [9.17, 15) is 8.42 Å². The summed E-state index contributed by atoms with van der Waals surface area (Å²) in [5.74, 6) is 0. The van der Waals surface area contributed by atoms with Crippen molar-refractivity contribution in [3.05, 3.63) is 0 Å². The molecule has 1 N–H and O–H groups in total. The van der Waals surface area contributed by atoms with Crippen LogP contribution in [0.25, 0.3) is 0 Å². The Labute approximate surface area is 90.8 Å². The number of nitrogens with zero attached hydrogens (tertiary/aromatic N) is 1. The Morgan fingerprint density at radius 1 is 1.29 bits per heavy atom. The summed E-state index contributed by atoms with van der Waals surface area (Å²) < 4.78 is 26.8. The van der Waals surface area contributed by atoms with Crippen molar-refractivity contribution in [1.82, 2.24) is 9.03 Å². The van der Waals surface area contributed by atoms with Crippen LogP contribution >= 0.6 is 11.6 Å². The molecule has 1 aliphatic rings. The number of nitrogens with one attached hydrogen (secondary N) is 1. The zero-order valence-corrected chi connectivity index (χ0v) is 10.1. The molecule has 0 heterocycles. The highest BCUT2D eigenvalue weighted by Gasteiger charge is 2.27. The third kappa shape index (κ3) is 3.08. The molecule has 2 atom stereocenters. The van der Waals surface area contributed by atoms with Gasteiger partial charge < -0.3 is 0 Å². The number of rotatable bonds is 3. The molecule has 0 aliphatic heterocycles. The topological polar surface area (TPSA) is 49.4 Å². The van der Waals surface area contributed by atoms with E-state index in [4.69, 9.17) is 11.6 Å². The van der Waals surface area contributed by atoms with E-state index in [0.717, 1.165) is 25.7 Å². The van der Waals surface area contributed by atoms with Crippen LogP contribution in [0.1, 0.15) is 25.7 Å². The quantitative estimate of drug-likeness (QED) is 0.747. The second-order valence-corrected chi connectivity index (χ2v) is 6.29. The van der Waals surface area contributed by atoms with E-state index in [1.165, 1.54) is 18.4 Å². The zero-order chi connectivity index (χ0) is 10.8. The van der Waals surface area contributed by atoms with Crippen LogP contribution in [0.5, 0.6) is 0 Å². The van der Waals surface area contributed by atoms with Gasteiger partial charge in [-0.2, -0.15) is 17.4 Å². The highest BCUT2D eigenvalue weighted by molar-refractivity contribution is 7.87. The van der Waals surface area contributed by atoms with Crippen LogP contribution in [-0.2, 0) is 10.2 Å². The Bertz CT molecular complexity index is 279. The summed E-state index contributed by atoms with van der Waals surface area (Å²) in [6.07, 6.45) is 3.86. The van der Waals surface area contributed by atoms with Crippen molar-refractivity contribution in [3.8, 4) is 0 Å². The van der Waals surface area contributed by atoms with Crippen LogP contribution < -0.4 is 4.72 Å². The van der Waals surface area contributed by atoms with Crippen molar-refractivity contribution < 1.29 is 8.42 Å². The number of alkyl halides is 1. The SMILES string of the molecule is CN(C)S(=O)(=O)NC1CCCCC1Cl. The van der Waals surface area contributed by atoms with E-state index in [0.29, 0.717) is 0 Å². The minimum Gasteiger partial charge on any atom is -0.198 e. The third-order valence-corrected chi connectivity index (χ3v) is 4.55. The minimum atomic E-state index is -3.33. The van der Waals surface area contributed by atoms with Gasteiger partial charge in [0.25, 0.3) is 10.2 Å². The van der Waals surface area contributed by atoms with Crippen LogP contribution in [0.3, 0.4) is 0 Å². The molecule has 0 amide bonds. The second-order valence-electron chi connectivity index (χ2n) is 3.81. The van der Waals surface area contributed by atoms with Crippen molar-refractivity contribution in [2.45, 2.75) is 37.1 Å². The van der Waals surface area contributed by atoms with E-state index in [2.05, 4.69) is 4.72 Å². The van der Waals surface area contributed by atoms with Crippen molar-refractivity contribution in [1.29, 1.82) is 0 Å². The third-order valence-electron chi connectivity index (χ3n) is 2.46. The standard InChI is InChI=1S/C8H17ClN2O2S/c1-11(2)14(12,13)10-8-6-4-3-5-7(8)9/h7-8,10H,3-6H2,1-2H3. The summed E-state index contributed by atoms with van der Waals surface area (Å²) in [5, 5.41) is -0.0709. The Morgan fingerprint density at radius 2 is 1.86 bits per heavy atom. The fourth-order valence-corrected chi connectivity index (χ4v) is 2.81. The van der Waals surface area contributed by atoms with Crippen molar-refractivity contribution in [2.24, 2.45) is 0 Å². The van der Waals surface area contributed by atoms with Gasteiger partial charge in [-0.1, -0.05) is 12.8 Å². The van der Waals surface area contributed by atoms with Crippen molar-refractivity contribution in [2.75, 3.05) is 14.1 Å². The van der Waals surface area contributed by atoms with Crippen LogP contribution in [-0.4, -0.2) is 38.2 Å². The van der Waals surface area contributed by atoms with Crippen molar-refractivity contribution in [3.63, 3.8) is 0 Å². The van der Waals surface area contributed by atoms with Crippen LogP contribution in [0, 0.1) is 0 Å². The second kappa shape index (κ2) is 4.79. The highest BCUT2D eigenvalue weighted by atomic mass is 35.5. The van der Waals surface area contributed by atoms with Crippen LogP contribution in [0.15, 0.2) is 0 Å². The lowest BCUT2D eigenvalue weighted by molar-refractivity contribution is 0.405.